The van der Waals surface area contributed by atoms with Crippen molar-refractivity contribution in [2.45, 2.75) is 38.3 Å². The summed E-state index contributed by atoms with van der Waals surface area (Å²) in [5.41, 5.74) is 1.00. The SMILES string of the molecule is C=CC1CCCCC1NC(=O)OCc1ccccc1. The maximum Gasteiger partial charge on any atom is 0.407 e. The quantitative estimate of drug-likeness (QED) is 0.838. The molecule has 0 heterocycles. The predicted molar refractivity (Wildman–Crippen MR) is 75.7 cm³/mol. The zero-order chi connectivity index (χ0) is 13.5. The molecule has 2 rings (SSSR count). The molecule has 1 aromatic rings. The number of carbonyl (C=O) groups is 1. The minimum Gasteiger partial charge on any atom is -0.445 e. The van der Waals surface area contributed by atoms with E-state index in [9.17, 15) is 4.79 Å². The Morgan fingerprint density at radius 2 is 2.05 bits per heavy atom. The third kappa shape index (κ3) is 4.12. The highest BCUT2D eigenvalue weighted by molar-refractivity contribution is 5.67. The molecule has 1 amide bonds. The van der Waals surface area contributed by atoms with Gasteiger partial charge in [0, 0.05) is 6.04 Å². The van der Waals surface area contributed by atoms with Gasteiger partial charge in [0.15, 0.2) is 0 Å². The number of carbonyl (C=O) groups excluding carboxylic acids is 1. The zero-order valence-corrected chi connectivity index (χ0v) is 11.2. The van der Waals surface area contributed by atoms with Gasteiger partial charge in [-0.05, 0) is 24.3 Å². The van der Waals surface area contributed by atoms with Crippen LogP contribution in [0, 0.1) is 5.92 Å². The van der Waals surface area contributed by atoms with Crippen molar-refractivity contribution in [2.24, 2.45) is 5.92 Å². The fourth-order valence-electron chi connectivity index (χ4n) is 2.54. The van der Waals surface area contributed by atoms with Crippen molar-refractivity contribution in [1.82, 2.24) is 5.32 Å². The summed E-state index contributed by atoms with van der Waals surface area (Å²) in [6, 6.07) is 9.88. The van der Waals surface area contributed by atoms with Gasteiger partial charge in [-0.3, -0.25) is 0 Å². The number of amides is 1. The summed E-state index contributed by atoms with van der Waals surface area (Å²) >= 11 is 0. The molecule has 0 spiro atoms. The maximum absolute atomic E-state index is 11.8. The molecule has 0 radical (unpaired) electrons. The Morgan fingerprint density at radius 3 is 2.79 bits per heavy atom. The number of hydrogen-bond acceptors (Lipinski definition) is 2. The molecule has 3 nitrogen and oxygen atoms in total. The lowest BCUT2D eigenvalue weighted by molar-refractivity contribution is 0.129. The fraction of sp³-hybridized carbons (Fsp3) is 0.438. The third-order valence-electron chi connectivity index (χ3n) is 3.64. The van der Waals surface area contributed by atoms with Crippen molar-refractivity contribution in [3.63, 3.8) is 0 Å². The van der Waals surface area contributed by atoms with Gasteiger partial charge in [-0.2, -0.15) is 0 Å². The number of benzene rings is 1. The second-order valence-corrected chi connectivity index (χ2v) is 5.00. The Balaban J connectivity index is 1.79. The highest BCUT2D eigenvalue weighted by atomic mass is 16.5. The molecule has 2 unspecified atom stereocenters. The van der Waals surface area contributed by atoms with Crippen LogP contribution < -0.4 is 5.32 Å². The molecule has 0 aliphatic heterocycles. The summed E-state index contributed by atoms with van der Waals surface area (Å²) in [6.07, 6.45) is 6.11. The molecular formula is C16H21NO2. The van der Waals surface area contributed by atoms with Crippen LogP contribution in [-0.2, 0) is 11.3 Å². The van der Waals surface area contributed by atoms with E-state index in [1.54, 1.807) is 0 Å². The molecule has 1 fully saturated rings. The van der Waals surface area contributed by atoms with Crippen LogP contribution in [0.15, 0.2) is 43.0 Å². The fourth-order valence-corrected chi connectivity index (χ4v) is 2.54. The normalized spacial score (nSPS) is 22.5. The van der Waals surface area contributed by atoms with Crippen molar-refractivity contribution in [1.29, 1.82) is 0 Å². The van der Waals surface area contributed by atoms with E-state index in [2.05, 4.69) is 11.9 Å². The lowest BCUT2D eigenvalue weighted by Crippen LogP contribution is -2.41. The summed E-state index contributed by atoms with van der Waals surface area (Å²) in [7, 11) is 0. The van der Waals surface area contributed by atoms with Gasteiger partial charge in [0.2, 0.25) is 0 Å². The van der Waals surface area contributed by atoms with Crippen LogP contribution in [0.25, 0.3) is 0 Å². The second-order valence-electron chi connectivity index (χ2n) is 5.00. The number of alkyl carbamates (subject to hydrolysis) is 1. The van der Waals surface area contributed by atoms with E-state index in [-0.39, 0.29) is 12.1 Å². The molecule has 0 saturated heterocycles. The van der Waals surface area contributed by atoms with Gasteiger partial charge in [-0.15, -0.1) is 6.58 Å². The van der Waals surface area contributed by atoms with Crippen LogP contribution in [-0.4, -0.2) is 12.1 Å². The Hall–Kier alpha value is -1.77. The van der Waals surface area contributed by atoms with Crippen LogP contribution in [0.5, 0.6) is 0 Å². The lowest BCUT2D eigenvalue weighted by atomic mass is 9.85. The van der Waals surface area contributed by atoms with Crippen LogP contribution in [0.3, 0.4) is 0 Å². The Bertz CT molecular complexity index is 416. The zero-order valence-electron chi connectivity index (χ0n) is 11.2. The maximum atomic E-state index is 11.8. The molecule has 102 valence electrons. The van der Waals surface area contributed by atoms with Crippen molar-refractivity contribution >= 4 is 6.09 Å². The molecule has 2 atom stereocenters. The van der Waals surface area contributed by atoms with E-state index in [0.29, 0.717) is 12.5 Å². The van der Waals surface area contributed by atoms with Gasteiger partial charge in [0.1, 0.15) is 6.61 Å². The van der Waals surface area contributed by atoms with Crippen LogP contribution in [0.2, 0.25) is 0 Å². The highest BCUT2D eigenvalue weighted by Gasteiger charge is 2.24. The number of ether oxygens (including phenoxy) is 1. The van der Waals surface area contributed by atoms with Crippen molar-refractivity contribution in [2.75, 3.05) is 0 Å². The molecule has 0 aromatic heterocycles. The van der Waals surface area contributed by atoms with Crippen LogP contribution >= 0.6 is 0 Å². The summed E-state index contributed by atoms with van der Waals surface area (Å²) in [5.74, 6) is 0.373. The third-order valence-corrected chi connectivity index (χ3v) is 3.64. The Morgan fingerprint density at radius 1 is 1.32 bits per heavy atom. The van der Waals surface area contributed by atoms with Crippen molar-refractivity contribution < 1.29 is 9.53 Å². The molecule has 1 N–H and O–H groups in total. The van der Waals surface area contributed by atoms with Gasteiger partial charge in [-0.25, -0.2) is 4.79 Å². The average molecular weight is 259 g/mol. The first kappa shape index (κ1) is 13.7. The van der Waals surface area contributed by atoms with Gasteiger partial charge in [0.25, 0.3) is 0 Å². The molecule has 1 aromatic carbocycles. The lowest BCUT2D eigenvalue weighted by Gasteiger charge is -2.29. The van der Waals surface area contributed by atoms with Gasteiger partial charge >= 0.3 is 6.09 Å². The first-order valence-electron chi connectivity index (χ1n) is 6.89. The van der Waals surface area contributed by atoms with E-state index in [0.717, 1.165) is 24.8 Å². The predicted octanol–water partition coefficient (Wildman–Crippen LogP) is 3.66. The average Bonchev–Trinajstić information content (AvgIpc) is 2.47. The molecule has 1 saturated carbocycles. The minimum atomic E-state index is -0.331. The monoisotopic (exact) mass is 259 g/mol. The molecule has 3 heteroatoms. The minimum absolute atomic E-state index is 0.175. The van der Waals surface area contributed by atoms with Crippen molar-refractivity contribution in [3.8, 4) is 0 Å². The second kappa shape index (κ2) is 6.98. The summed E-state index contributed by atoms with van der Waals surface area (Å²) in [6.45, 7) is 4.16. The number of nitrogens with one attached hydrogen (secondary N) is 1. The van der Waals surface area contributed by atoms with Gasteiger partial charge in [-0.1, -0.05) is 49.2 Å². The molecular weight excluding hydrogens is 238 g/mol. The first-order valence-corrected chi connectivity index (χ1v) is 6.89. The Kier molecular flexibility index (Phi) is 5.01. The summed E-state index contributed by atoms with van der Waals surface area (Å²) < 4.78 is 5.24. The summed E-state index contributed by atoms with van der Waals surface area (Å²) in [5, 5.41) is 2.96. The van der Waals surface area contributed by atoms with E-state index in [4.69, 9.17) is 4.74 Å². The topological polar surface area (TPSA) is 38.3 Å². The van der Waals surface area contributed by atoms with Gasteiger partial charge in [0.05, 0.1) is 0 Å². The number of hydrogen-bond donors (Lipinski definition) is 1. The number of rotatable bonds is 4. The first-order chi connectivity index (χ1) is 9.29. The molecule has 1 aliphatic rings. The molecule has 19 heavy (non-hydrogen) atoms. The Labute approximate surface area is 114 Å². The van der Waals surface area contributed by atoms with Gasteiger partial charge < -0.3 is 10.1 Å². The van der Waals surface area contributed by atoms with E-state index < -0.39 is 0 Å². The van der Waals surface area contributed by atoms with Crippen LogP contribution in [0.4, 0.5) is 4.79 Å². The van der Waals surface area contributed by atoms with E-state index >= 15 is 0 Å². The highest BCUT2D eigenvalue weighted by Crippen LogP contribution is 2.25. The van der Waals surface area contributed by atoms with Crippen LogP contribution in [0.1, 0.15) is 31.2 Å². The van der Waals surface area contributed by atoms with Crippen molar-refractivity contribution in [3.05, 3.63) is 48.6 Å². The smallest absolute Gasteiger partial charge is 0.407 e. The standard InChI is InChI=1S/C16H21NO2/c1-2-14-10-6-7-11-15(14)17-16(18)19-12-13-8-4-3-5-9-13/h2-5,8-9,14-15H,1,6-7,10-12H2,(H,17,18). The largest absolute Gasteiger partial charge is 0.445 e. The molecule has 0 bridgehead atoms. The summed E-state index contributed by atoms with van der Waals surface area (Å²) in [4.78, 5) is 11.8. The molecule has 1 aliphatic carbocycles. The van der Waals surface area contributed by atoms with E-state index in [1.807, 2.05) is 36.4 Å². The van der Waals surface area contributed by atoms with E-state index in [1.165, 1.54) is 6.42 Å².